The summed E-state index contributed by atoms with van der Waals surface area (Å²) in [6, 6.07) is 0.291. The minimum atomic E-state index is -3.44. The Morgan fingerprint density at radius 2 is 2.05 bits per heavy atom. The molecule has 1 fully saturated rings. The van der Waals surface area contributed by atoms with Crippen LogP contribution in [-0.4, -0.2) is 66.4 Å². The minimum Gasteiger partial charge on any atom is -0.332 e. The van der Waals surface area contributed by atoms with Crippen molar-refractivity contribution >= 4 is 10.0 Å². The highest BCUT2D eigenvalue weighted by molar-refractivity contribution is 7.89. The van der Waals surface area contributed by atoms with Gasteiger partial charge < -0.3 is 10.7 Å². The summed E-state index contributed by atoms with van der Waals surface area (Å²) in [5, 5.41) is 0.172. The second-order valence-electron chi connectivity index (χ2n) is 4.86. The third kappa shape index (κ3) is 2.97. The lowest BCUT2D eigenvalue weighted by atomic mass is 10.2. The first kappa shape index (κ1) is 14.4. The predicted octanol–water partition coefficient (Wildman–Crippen LogP) is -0.628. The van der Waals surface area contributed by atoms with Gasteiger partial charge in [0.15, 0.2) is 5.03 Å². The Morgan fingerprint density at radius 1 is 1.42 bits per heavy atom. The molecular formula is C11H21N5O2S. The number of nitrogens with two attached hydrogens (primary N) is 1. The third-order valence-corrected chi connectivity index (χ3v) is 5.34. The monoisotopic (exact) mass is 287 g/mol. The van der Waals surface area contributed by atoms with Gasteiger partial charge >= 0.3 is 0 Å². The van der Waals surface area contributed by atoms with Crippen molar-refractivity contribution in [3.63, 3.8) is 0 Å². The van der Waals surface area contributed by atoms with Crippen molar-refractivity contribution in [1.29, 1.82) is 0 Å². The van der Waals surface area contributed by atoms with Gasteiger partial charge in [-0.1, -0.05) is 0 Å². The van der Waals surface area contributed by atoms with Crippen LogP contribution in [0.25, 0.3) is 0 Å². The number of H-pyrrole nitrogens is 1. The molecule has 2 heterocycles. The molecule has 0 radical (unpaired) electrons. The van der Waals surface area contributed by atoms with E-state index in [0.717, 1.165) is 0 Å². The van der Waals surface area contributed by atoms with E-state index in [0.29, 0.717) is 44.6 Å². The molecule has 2 rings (SSSR count). The van der Waals surface area contributed by atoms with E-state index in [1.54, 1.807) is 6.92 Å². The number of piperazine rings is 1. The molecule has 1 aromatic heterocycles. The number of hydrogen-bond donors (Lipinski definition) is 2. The van der Waals surface area contributed by atoms with Gasteiger partial charge in [-0.3, -0.25) is 4.90 Å². The molecular weight excluding hydrogens is 266 g/mol. The molecule has 1 aliphatic heterocycles. The van der Waals surface area contributed by atoms with Gasteiger partial charge in [-0.25, -0.2) is 13.4 Å². The molecule has 3 N–H and O–H groups in total. The van der Waals surface area contributed by atoms with E-state index in [4.69, 9.17) is 5.73 Å². The summed E-state index contributed by atoms with van der Waals surface area (Å²) < 4.78 is 26.2. The average Bonchev–Trinajstić information content (AvgIpc) is 2.85. The number of aromatic amines is 1. The number of hydrogen-bond acceptors (Lipinski definition) is 5. The maximum absolute atomic E-state index is 12.4. The van der Waals surface area contributed by atoms with Crippen LogP contribution < -0.4 is 5.73 Å². The molecule has 0 aromatic carbocycles. The van der Waals surface area contributed by atoms with Crippen molar-refractivity contribution in [1.82, 2.24) is 19.2 Å². The van der Waals surface area contributed by atoms with Gasteiger partial charge in [0.2, 0.25) is 0 Å². The van der Waals surface area contributed by atoms with E-state index >= 15 is 0 Å². The van der Waals surface area contributed by atoms with Gasteiger partial charge in [0.1, 0.15) is 5.82 Å². The van der Waals surface area contributed by atoms with E-state index in [2.05, 4.69) is 21.8 Å². The zero-order valence-electron chi connectivity index (χ0n) is 11.3. The lowest BCUT2D eigenvalue weighted by molar-refractivity contribution is 0.148. The summed E-state index contributed by atoms with van der Waals surface area (Å²) in [7, 11) is -3.44. The fourth-order valence-corrected chi connectivity index (χ4v) is 3.59. The van der Waals surface area contributed by atoms with Gasteiger partial charge in [-0.2, -0.15) is 4.31 Å². The van der Waals surface area contributed by atoms with Crippen LogP contribution in [0.5, 0.6) is 0 Å². The number of aryl methyl sites for hydroxylation is 1. The highest BCUT2D eigenvalue weighted by Crippen LogP contribution is 2.16. The largest absolute Gasteiger partial charge is 0.332 e. The van der Waals surface area contributed by atoms with Crippen LogP contribution in [0.1, 0.15) is 12.7 Å². The topological polar surface area (TPSA) is 95.3 Å². The average molecular weight is 287 g/mol. The van der Waals surface area contributed by atoms with Crippen molar-refractivity contribution in [2.45, 2.75) is 24.9 Å². The van der Waals surface area contributed by atoms with Crippen molar-refractivity contribution in [2.24, 2.45) is 5.73 Å². The smallest absolute Gasteiger partial charge is 0.260 e. The lowest BCUT2D eigenvalue weighted by Gasteiger charge is -2.36. The van der Waals surface area contributed by atoms with Gasteiger partial charge in [0, 0.05) is 38.8 Å². The summed E-state index contributed by atoms with van der Waals surface area (Å²) in [6.45, 7) is 6.79. The minimum absolute atomic E-state index is 0.172. The van der Waals surface area contributed by atoms with Crippen LogP contribution in [0.15, 0.2) is 11.2 Å². The molecule has 1 atom stereocenters. The second-order valence-corrected chi connectivity index (χ2v) is 6.76. The summed E-state index contributed by atoms with van der Waals surface area (Å²) in [5.74, 6) is 0.606. The number of sulfonamides is 1. The van der Waals surface area contributed by atoms with Gasteiger partial charge in [-0.15, -0.1) is 0 Å². The van der Waals surface area contributed by atoms with Crippen molar-refractivity contribution in [2.75, 3.05) is 32.7 Å². The standard InChI is InChI=1S/C11H21N5O2S/c1-9(7-12)15-3-5-16(6-4-15)19(17,18)11-8-13-10(2)14-11/h8-9H,3-7,12H2,1-2H3,(H,13,14). The highest BCUT2D eigenvalue weighted by atomic mass is 32.2. The third-order valence-electron chi connectivity index (χ3n) is 3.54. The van der Waals surface area contributed by atoms with Crippen molar-refractivity contribution < 1.29 is 8.42 Å². The number of rotatable bonds is 4. The fraction of sp³-hybridized carbons (Fsp3) is 0.727. The Kier molecular flexibility index (Phi) is 4.24. The fourth-order valence-electron chi connectivity index (χ4n) is 2.20. The molecule has 0 spiro atoms. The zero-order chi connectivity index (χ0) is 14.0. The number of nitrogens with zero attached hydrogens (tertiary/aromatic N) is 3. The number of aromatic nitrogens is 2. The molecule has 1 saturated heterocycles. The normalized spacial score (nSPS) is 20.6. The van der Waals surface area contributed by atoms with Crippen LogP contribution in [0, 0.1) is 6.92 Å². The second kappa shape index (κ2) is 5.58. The first-order chi connectivity index (χ1) is 8.95. The summed E-state index contributed by atoms with van der Waals surface area (Å²) >= 11 is 0. The molecule has 19 heavy (non-hydrogen) atoms. The van der Waals surface area contributed by atoms with Crippen molar-refractivity contribution in [3.8, 4) is 0 Å². The Hall–Kier alpha value is -0.960. The van der Waals surface area contributed by atoms with Crippen LogP contribution in [-0.2, 0) is 10.0 Å². The van der Waals surface area contributed by atoms with Gasteiger partial charge in [-0.05, 0) is 13.8 Å². The summed E-state index contributed by atoms with van der Waals surface area (Å²) in [4.78, 5) is 8.94. The van der Waals surface area contributed by atoms with E-state index in [9.17, 15) is 8.42 Å². The predicted molar refractivity (Wildman–Crippen MR) is 72.2 cm³/mol. The lowest BCUT2D eigenvalue weighted by Crippen LogP contribution is -2.52. The van der Waals surface area contributed by atoms with E-state index in [-0.39, 0.29) is 5.03 Å². The molecule has 7 nitrogen and oxygen atoms in total. The zero-order valence-corrected chi connectivity index (χ0v) is 12.2. The molecule has 8 heteroatoms. The number of nitrogens with one attached hydrogen (secondary N) is 1. The SMILES string of the molecule is Cc1ncc(S(=O)(=O)N2CCN(C(C)CN)CC2)[nH]1. The van der Waals surface area contributed by atoms with E-state index < -0.39 is 10.0 Å². The molecule has 0 amide bonds. The highest BCUT2D eigenvalue weighted by Gasteiger charge is 2.30. The Bertz CT molecular complexity index is 519. The number of imidazole rings is 1. The van der Waals surface area contributed by atoms with E-state index in [1.807, 2.05) is 0 Å². The van der Waals surface area contributed by atoms with Gasteiger partial charge in [0.25, 0.3) is 10.0 Å². The first-order valence-corrected chi connectivity index (χ1v) is 7.85. The molecule has 1 aliphatic rings. The van der Waals surface area contributed by atoms with Crippen LogP contribution in [0.2, 0.25) is 0 Å². The van der Waals surface area contributed by atoms with Gasteiger partial charge in [0.05, 0.1) is 6.20 Å². The molecule has 0 aliphatic carbocycles. The molecule has 1 aromatic rings. The van der Waals surface area contributed by atoms with Crippen LogP contribution in [0.3, 0.4) is 0 Å². The Balaban J connectivity index is 2.05. The van der Waals surface area contributed by atoms with E-state index in [1.165, 1.54) is 10.5 Å². The molecule has 0 bridgehead atoms. The summed E-state index contributed by atoms with van der Waals surface area (Å²) in [5.41, 5.74) is 5.63. The molecule has 108 valence electrons. The van der Waals surface area contributed by atoms with Crippen molar-refractivity contribution in [3.05, 3.63) is 12.0 Å². The van der Waals surface area contributed by atoms with Crippen LogP contribution >= 0.6 is 0 Å². The molecule has 1 unspecified atom stereocenters. The summed E-state index contributed by atoms with van der Waals surface area (Å²) in [6.07, 6.45) is 1.37. The van der Waals surface area contributed by atoms with Crippen LogP contribution in [0.4, 0.5) is 0 Å². The maximum Gasteiger partial charge on any atom is 0.260 e. The Labute approximate surface area is 113 Å². The molecule has 0 saturated carbocycles. The Morgan fingerprint density at radius 3 is 2.53 bits per heavy atom. The quantitative estimate of drug-likeness (QED) is 0.769. The first-order valence-electron chi connectivity index (χ1n) is 6.41. The maximum atomic E-state index is 12.4.